The summed E-state index contributed by atoms with van der Waals surface area (Å²) in [4.78, 5) is 44.5. The Bertz CT molecular complexity index is 1210. The number of carbonyl (C=O) groups is 3. The Morgan fingerprint density at radius 1 is 1.14 bits per heavy atom. The van der Waals surface area contributed by atoms with Crippen LogP contribution < -0.4 is 5.32 Å². The molecule has 2 aromatic rings. The first-order valence-corrected chi connectivity index (χ1v) is 12.5. The van der Waals surface area contributed by atoms with Crippen LogP contribution in [0.5, 0.6) is 0 Å². The van der Waals surface area contributed by atoms with Gasteiger partial charge < -0.3 is 15.0 Å². The van der Waals surface area contributed by atoms with Crippen LogP contribution in [0.1, 0.15) is 41.4 Å². The highest BCUT2D eigenvalue weighted by Gasteiger charge is 2.38. The van der Waals surface area contributed by atoms with Gasteiger partial charge in [0.1, 0.15) is 5.82 Å². The predicted molar refractivity (Wildman–Crippen MR) is 137 cm³/mol. The fourth-order valence-corrected chi connectivity index (χ4v) is 4.89. The number of likely N-dealkylation sites (N-methyl/N-ethyl adjacent to an activating group) is 1. The average Bonchev–Trinajstić information content (AvgIpc) is 2.87. The van der Waals surface area contributed by atoms with Crippen molar-refractivity contribution in [1.29, 1.82) is 0 Å². The average molecular weight is 509 g/mol. The van der Waals surface area contributed by atoms with Crippen LogP contribution in [-0.4, -0.2) is 78.5 Å². The zero-order valence-corrected chi connectivity index (χ0v) is 21.7. The Labute approximate surface area is 216 Å². The highest BCUT2D eigenvalue weighted by atomic mass is 19.1. The number of hydrogen-bond donors (Lipinski definition) is 1. The Balaban J connectivity index is 1.59. The zero-order chi connectivity index (χ0) is 26.7. The van der Waals surface area contributed by atoms with E-state index in [4.69, 9.17) is 4.74 Å². The normalized spacial score (nSPS) is 20.6. The number of nitrogens with one attached hydrogen (secondary N) is 1. The van der Waals surface area contributed by atoms with Crippen LogP contribution in [0, 0.1) is 12.7 Å². The van der Waals surface area contributed by atoms with Crippen molar-refractivity contribution < 1.29 is 23.5 Å². The third-order valence-corrected chi connectivity index (χ3v) is 6.90. The van der Waals surface area contributed by atoms with Gasteiger partial charge in [0.2, 0.25) is 0 Å². The summed E-state index contributed by atoms with van der Waals surface area (Å²) in [6, 6.07) is 12.1. The zero-order valence-electron chi connectivity index (χ0n) is 21.7. The van der Waals surface area contributed by atoms with Crippen LogP contribution in [0.2, 0.25) is 0 Å². The van der Waals surface area contributed by atoms with E-state index in [2.05, 4.69) is 10.2 Å². The highest BCUT2D eigenvalue weighted by Crippen LogP contribution is 2.32. The van der Waals surface area contributed by atoms with Gasteiger partial charge >= 0.3 is 12.0 Å². The lowest BCUT2D eigenvalue weighted by Gasteiger charge is -2.42. The summed E-state index contributed by atoms with van der Waals surface area (Å²) < 4.78 is 19.4. The summed E-state index contributed by atoms with van der Waals surface area (Å²) in [5.41, 5.74) is 2.99. The van der Waals surface area contributed by atoms with Crippen molar-refractivity contribution in [2.24, 2.45) is 0 Å². The fraction of sp³-hybridized carbons (Fsp3) is 0.393. The molecule has 0 spiro atoms. The van der Waals surface area contributed by atoms with Crippen LogP contribution >= 0.6 is 0 Å². The van der Waals surface area contributed by atoms with E-state index in [1.165, 1.54) is 17.0 Å². The molecule has 0 aromatic heterocycles. The van der Waals surface area contributed by atoms with Crippen molar-refractivity contribution in [1.82, 2.24) is 20.0 Å². The summed E-state index contributed by atoms with van der Waals surface area (Å²) in [5.74, 6) is -1.03. The van der Waals surface area contributed by atoms with Gasteiger partial charge in [-0.05, 0) is 50.6 Å². The monoisotopic (exact) mass is 508 g/mol. The number of esters is 1. The molecular weight excluding hydrogens is 475 g/mol. The van der Waals surface area contributed by atoms with Crippen molar-refractivity contribution in [2.45, 2.75) is 32.9 Å². The predicted octanol–water partition coefficient (Wildman–Crippen LogP) is 3.49. The van der Waals surface area contributed by atoms with E-state index in [1.54, 1.807) is 26.1 Å². The molecule has 2 aliphatic rings. The molecule has 2 aliphatic heterocycles. The standard InChI is InChI=1S/C28H33FN4O4/c1-5-37-27(35)24-23(31(4)28(36)30-25(24)21-7-6-8-22(29)15-21)17-32-13-14-33(19(3)16-32)26(34)20-11-9-18(2)10-12-20/h6-12,15,19,25H,5,13-14,16-17H2,1-4H3,(H,30,36)/t19-,25-/m0/s1. The summed E-state index contributed by atoms with van der Waals surface area (Å²) in [5, 5.41) is 2.81. The van der Waals surface area contributed by atoms with E-state index in [-0.39, 0.29) is 24.1 Å². The van der Waals surface area contributed by atoms with Gasteiger partial charge in [0.25, 0.3) is 5.91 Å². The molecule has 196 valence electrons. The van der Waals surface area contributed by atoms with Crippen molar-refractivity contribution >= 4 is 17.9 Å². The second-order valence-electron chi connectivity index (χ2n) is 9.53. The summed E-state index contributed by atoms with van der Waals surface area (Å²) in [7, 11) is 1.60. The van der Waals surface area contributed by atoms with Gasteiger partial charge in [0.05, 0.1) is 18.2 Å². The molecule has 9 heteroatoms. The van der Waals surface area contributed by atoms with Crippen LogP contribution in [0.4, 0.5) is 9.18 Å². The minimum atomic E-state index is -0.838. The van der Waals surface area contributed by atoms with E-state index in [1.807, 2.05) is 43.0 Å². The molecular formula is C28H33FN4O4. The molecule has 0 bridgehead atoms. The second-order valence-corrected chi connectivity index (χ2v) is 9.53. The topological polar surface area (TPSA) is 82.2 Å². The second kappa shape index (κ2) is 11.1. The lowest BCUT2D eigenvalue weighted by molar-refractivity contribution is -0.139. The van der Waals surface area contributed by atoms with Crippen LogP contribution in [0.3, 0.4) is 0 Å². The number of aryl methyl sites for hydroxylation is 1. The van der Waals surface area contributed by atoms with Gasteiger partial charge in [-0.2, -0.15) is 0 Å². The molecule has 1 fully saturated rings. The summed E-state index contributed by atoms with van der Waals surface area (Å²) in [6.07, 6.45) is 0. The minimum Gasteiger partial charge on any atom is -0.463 e. The number of amides is 3. The number of carbonyl (C=O) groups excluding carboxylic acids is 3. The van der Waals surface area contributed by atoms with Crippen LogP contribution in [0.25, 0.3) is 0 Å². The van der Waals surface area contributed by atoms with Crippen molar-refractivity contribution in [3.63, 3.8) is 0 Å². The number of rotatable bonds is 6. The molecule has 2 atom stereocenters. The Morgan fingerprint density at radius 2 is 1.86 bits per heavy atom. The van der Waals surface area contributed by atoms with E-state index in [0.29, 0.717) is 43.0 Å². The Hall–Kier alpha value is -3.72. The largest absolute Gasteiger partial charge is 0.463 e. The quantitative estimate of drug-likeness (QED) is 0.604. The van der Waals surface area contributed by atoms with Crippen molar-refractivity contribution in [3.8, 4) is 0 Å². The van der Waals surface area contributed by atoms with Crippen molar-refractivity contribution in [3.05, 3.63) is 82.3 Å². The van der Waals surface area contributed by atoms with Gasteiger partial charge in [-0.15, -0.1) is 0 Å². The van der Waals surface area contributed by atoms with Crippen LogP contribution in [0.15, 0.2) is 59.8 Å². The van der Waals surface area contributed by atoms with Gasteiger partial charge in [-0.1, -0.05) is 29.8 Å². The van der Waals surface area contributed by atoms with Gasteiger partial charge in [0.15, 0.2) is 0 Å². The number of ether oxygens (including phenoxy) is 1. The number of urea groups is 1. The molecule has 8 nitrogen and oxygen atoms in total. The van der Waals surface area contributed by atoms with Gasteiger partial charge in [-0.25, -0.2) is 14.0 Å². The Morgan fingerprint density at radius 3 is 2.51 bits per heavy atom. The number of halogens is 1. The maximum Gasteiger partial charge on any atom is 0.338 e. The van der Waals surface area contributed by atoms with E-state index in [0.717, 1.165) is 5.56 Å². The van der Waals surface area contributed by atoms with E-state index < -0.39 is 23.9 Å². The van der Waals surface area contributed by atoms with Gasteiger partial charge in [0, 0.05) is 50.5 Å². The lowest BCUT2D eigenvalue weighted by atomic mass is 9.94. The summed E-state index contributed by atoms with van der Waals surface area (Å²) >= 11 is 0. The first kappa shape index (κ1) is 26.3. The SMILES string of the molecule is CCOC(=O)C1=C(CN2CCN(C(=O)c3ccc(C)cc3)[C@@H](C)C2)N(C)C(=O)N[C@H]1c1cccc(F)c1. The molecule has 37 heavy (non-hydrogen) atoms. The minimum absolute atomic E-state index is 0.0149. The molecule has 2 aromatic carbocycles. The highest BCUT2D eigenvalue weighted by molar-refractivity contribution is 5.95. The third-order valence-electron chi connectivity index (χ3n) is 6.90. The molecule has 4 rings (SSSR count). The van der Waals surface area contributed by atoms with E-state index >= 15 is 0 Å². The smallest absolute Gasteiger partial charge is 0.338 e. The number of piperazine rings is 1. The van der Waals surface area contributed by atoms with Gasteiger partial charge in [-0.3, -0.25) is 14.6 Å². The van der Waals surface area contributed by atoms with Crippen LogP contribution in [-0.2, 0) is 9.53 Å². The maximum atomic E-state index is 14.0. The molecule has 2 heterocycles. The molecule has 0 unspecified atom stereocenters. The third kappa shape index (κ3) is 5.67. The first-order valence-electron chi connectivity index (χ1n) is 12.5. The number of benzene rings is 2. The maximum absolute atomic E-state index is 14.0. The fourth-order valence-electron chi connectivity index (χ4n) is 4.89. The lowest BCUT2D eigenvalue weighted by Crippen LogP contribution is -2.56. The molecule has 0 saturated carbocycles. The Kier molecular flexibility index (Phi) is 7.92. The molecule has 1 saturated heterocycles. The molecule has 1 N–H and O–H groups in total. The molecule has 0 radical (unpaired) electrons. The van der Waals surface area contributed by atoms with Crippen molar-refractivity contribution in [2.75, 3.05) is 39.8 Å². The first-order chi connectivity index (χ1) is 17.7. The molecule has 3 amide bonds. The number of hydrogen-bond acceptors (Lipinski definition) is 5. The van der Waals surface area contributed by atoms with E-state index in [9.17, 15) is 18.8 Å². The molecule has 0 aliphatic carbocycles. The number of nitrogens with zero attached hydrogens (tertiary/aromatic N) is 3. The summed E-state index contributed by atoms with van der Waals surface area (Å²) in [6.45, 7) is 7.81.